The number of cyclic esters (lactones) is 1. The van der Waals surface area contributed by atoms with E-state index in [1.54, 1.807) is 17.1 Å². The lowest BCUT2D eigenvalue weighted by Crippen LogP contribution is -2.56. The summed E-state index contributed by atoms with van der Waals surface area (Å²) in [6, 6.07) is 17.6. The van der Waals surface area contributed by atoms with Crippen LogP contribution in [0.3, 0.4) is 0 Å². The molecule has 2 saturated heterocycles. The number of likely N-dealkylation sites (tertiary alicyclic amines) is 1. The van der Waals surface area contributed by atoms with Crippen molar-refractivity contribution in [2.24, 2.45) is 11.8 Å². The quantitative estimate of drug-likeness (QED) is 0.406. The van der Waals surface area contributed by atoms with Crippen LogP contribution in [0.25, 0.3) is 0 Å². The first-order chi connectivity index (χ1) is 20.9. The van der Waals surface area contributed by atoms with Crippen LogP contribution in [0, 0.1) is 11.8 Å². The molecule has 0 aromatic heterocycles. The smallest absolute Gasteiger partial charge is 0.313 e. The van der Waals surface area contributed by atoms with Crippen LogP contribution in [0.1, 0.15) is 30.1 Å². The van der Waals surface area contributed by atoms with E-state index in [0.717, 1.165) is 5.56 Å². The number of esters is 1. The number of benzene rings is 2. The Bertz CT molecular complexity index is 1430. The third-order valence-electron chi connectivity index (χ3n) is 8.69. The number of amides is 3. The van der Waals surface area contributed by atoms with Crippen molar-refractivity contribution in [3.63, 3.8) is 0 Å². The predicted molar refractivity (Wildman–Crippen MR) is 155 cm³/mol. The number of fused-ring (bicyclic) bond motifs is 2. The lowest BCUT2D eigenvalue weighted by molar-refractivity contribution is -0.159. The topological polar surface area (TPSA) is 125 Å². The average Bonchev–Trinajstić information content (AvgIpc) is 3.66. The van der Waals surface area contributed by atoms with Gasteiger partial charge in [0, 0.05) is 26.1 Å². The minimum Gasteiger partial charge on any atom is -0.455 e. The van der Waals surface area contributed by atoms with Gasteiger partial charge in [0.2, 0.25) is 17.7 Å². The monoisotopic (exact) mass is 585 g/mol. The number of carbonyl (C=O) groups excluding carboxylic acids is 4. The molecule has 0 radical (unpaired) electrons. The van der Waals surface area contributed by atoms with Crippen molar-refractivity contribution in [2.45, 2.75) is 43.2 Å². The van der Waals surface area contributed by atoms with Gasteiger partial charge in [-0.3, -0.25) is 19.2 Å². The summed E-state index contributed by atoms with van der Waals surface area (Å²) in [5, 5.41) is 12.8. The summed E-state index contributed by atoms with van der Waals surface area (Å²) >= 11 is 0. The summed E-state index contributed by atoms with van der Waals surface area (Å²) in [6.07, 6.45) is 6.32. The van der Waals surface area contributed by atoms with Gasteiger partial charge in [0.15, 0.2) is 0 Å². The van der Waals surface area contributed by atoms with Crippen molar-refractivity contribution in [1.29, 1.82) is 0 Å². The zero-order valence-corrected chi connectivity index (χ0v) is 23.7. The minimum absolute atomic E-state index is 0.0682. The summed E-state index contributed by atoms with van der Waals surface area (Å²) in [4.78, 5) is 58.0. The first kappa shape index (κ1) is 28.8. The van der Waals surface area contributed by atoms with Crippen LogP contribution in [-0.2, 0) is 35.2 Å². The summed E-state index contributed by atoms with van der Waals surface area (Å²) in [5.41, 5.74) is 0.232. The molecule has 6 atom stereocenters. The van der Waals surface area contributed by atoms with Crippen LogP contribution in [0.4, 0.5) is 0 Å². The fraction of sp³-hybridized carbons (Fsp3) is 0.394. The number of aliphatic hydroxyl groups is 1. The van der Waals surface area contributed by atoms with Crippen LogP contribution >= 0.6 is 0 Å². The molecule has 0 saturated carbocycles. The minimum atomic E-state index is -1.37. The molecule has 0 unspecified atom stereocenters. The summed E-state index contributed by atoms with van der Waals surface area (Å²) in [7, 11) is 0. The number of hydrogen-bond donors (Lipinski definition) is 2. The number of allylic oxidation sites excluding steroid dienone is 1. The molecule has 4 aliphatic heterocycles. The average molecular weight is 586 g/mol. The van der Waals surface area contributed by atoms with Crippen LogP contribution in [0.5, 0.6) is 0 Å². The van der Waals surface area contributed by atoms with Gasteiger partial charge in [-0.2, -0.15) is 0 Å². The highest BCUT2D eigenvalue weighted by Gasteiger charge is 2.73. The highest BCUT2D eigenvalue weighted by Crippen LogP contribution is 2.55. The van der Waals surface area contributed by atoms with Crippen molar-refractivity contribution in [1.82, 2.24) is 15.1 Å². The number of rotatable bonds is 5. The van der Waals surface area contributed by atoms with E-state index in [4.69, 9.17) is 9.47 Å². The normalized spacial score (nSPS) is 31.6. The third kappa shape index (κ3) is 5.36. The van der Waals surface area contributed by atoms with Gasteiger partial charge in [-0.05, 0) is 17.5 Å². The number of ether oxygens (including phenoxy) is 2. The van der Waals surface area contributed by atoms with Crippen molar-refractivity contribution < 1.29 is 33.8 Å². The van der Waals surface area contributed by atoms with E-state index in [1.807, 2.05) is 72.8 Å². The molecular formula is C33H35N3O7. The Morgan fingerprint density at radius 2 is 1.70 bits per heavy atom. The lowest BCUT2D eigenvalue weighted by Gasteiger charge is -2.35. The van der Waals surface area contributed by atoms with E-state index in [9.17, 15) is 24.3 Å². The van der Waals surface area contributed by atoms with Gasteiger partial charge in [-0.1, -0.05) is 85.0 Å². The molecular weight excluding hydrogens is 550 g/mol. The maximum atomic E-state index is 14.4. The van der Waals surface area contributed by atoms with Gasteiger partial charge in [0.1, 0.15) is 23.7 Å². The van der Waals surface area contributed by atoms with E-state index in [2.05, 4.69) is 5.32 Å². The van der Waals surface area contributed by atoms with Gasteiger partial charge in [0.05, 0.1) is 25.2 Å². The summed E-state index contributed by atoms with van der Waals surface area (Å²) < 4.78 is 12.4. The Morgan fingerprint density at radius 1 is 0.953 bits per heavy atom. The summed E-state index contributed by atoms with van der Waals surface area (Å²) in [6.45, 7) is 0.154. The molecule has 2 fully saturated rings. The number of hydrogen-bond acceptors (Lipinski definition) is 7. The van der Waals surface area contributed by atoms with E-state index in [1.165, 1.54) is 4.90 Å². The predicted octanol–water partition coefficient (Wildman–Crippen LogP) is 1.91. The maximum Gasteiger partial charge on any atom is 0.313 e. The molecule has 2 aromatic rings. The van der Waals surface area contributed by atoms with E-state index < -0.39 is 47.6 Å². The Morgan fingerprint density at radius 3 is 2.44 bits per heavy atom. The van der Waals surface area contributed by atoms with Crippen molar-refractivity contribution in [3.8, 4) is 0 Å². The van der Waals surface area contributed by atoms with Gasteiger partial charge in [-0.15, -0.1) is 0 Å². The molecule has 2 N–H and O–H groups in total. The van der Waals surface area contributed by atoms with E-state index in [-0.39, 0.29) is 51.0 Å². The molecule has 1 spiro atoms. The zero-order chi connectivity index (χ0) is 30.0. The largest absolute Gasteiger partial charge is 0.455 e. The van der Waals surface area contributed by atoms with Gasteiger partial charge in [0.25, 0.3) is 0 Å². The zero-order valence-electron chi connectivity index (χ0n) is 23.7. The van der Waals surface area contributed by atoms with Crippen LogP contribution in [0.15, 0.2) is 85.0 Å². The number of aliphatic hydroxyl groups excluding tert-OH is 1. The Balaban J connectivity index is 1.39. The number of β-amino-alcohol motifs (C(OH)–C–C–N with tert-alkyl or cyclic N) is 1. The van der Waals surface area contributed by atoms with Crippen molar-refractivity contribution in [3.05, 3.63) is 96.1 Å². The van der Waals surface area contributed by atoms with Crippen molar-refractivity contribution in [2.75, 3.05) is 26.2 Å². The van der Waals surface area contributed by atoms with Crippen LogP contribution in [0.2, 0.25) is 0 Å². The molecule has 0 aliphatic carbocycles. The number of carbonyl (C=O) groups is 4. The standard InChI is InChI=1S/C33H35N3O7/c37-19-18-36-29-31(40)35(21-22-10-4-1-5-11-22)17-9-3-8-14-26(38)34-20-25(23-12-6-2-7-13-23)42-32(41)27-24-15-16-33(29,43-24)28(27)30(36)39/h1-7,9-13,15-16,24-25,27-29,37H,8,14,17-21H2,(H,34,38)/b9-3-/t24-,25-,27+,28+,29-,33+/m0/s1. The van der Waals surface area contributed by atoms with Gasteiger partial charge >= 0.3 is 5.97 Å². The molecule has 4 aliphatic rings. The number of nitrogens with one attached hydrogen (secondary N) is 1. The Hall–Kier alpha value is -4.28. The second-order valence-electron chi connectivity index (χ2n) is 11.3. The molecule has 10 heteroatoms. The van der Waals surface area contributed by atoms with Crippen LogP contribution in [-0.4, -0.2) is 82.6 Å². The molecule has 10 nitrogen and oxygen atoms in total. The second kappa shape index (κ2) is 12.1. The van der Waals surface area contributed by atoms with Crippen molar-refractivity contribution >= 4 is 23.7 Å². The highest BCUT2D eigenvalue weighted by atomic mass is 16.6. The fourth-order valence-corrected chi connectivity index (χ4v) is 6.72. The molecule has 5 bridgehead atoms. The maximum absolute atomic E-state index is 14.4. The first-order valence-electron chi connectivity index (χ1n) is 14.7. The van der Waals surface area contributed by atoms with E-state index >= 15 is 0 Å². The molecule has 224 valence electrons. The lowest BCUT2D eigenvalue weighted by atomic mass is 9.74. The van der Waals surface area contributed by atoms with Gasteiger partial charge in [-0.25, -0.2) is 0 Å². The Labute approximate surface area is 249 Å². The first-order valence-corrected chi connectivity index (χ1v) is 14.7. The molecule has 43 heavy (non-hydrogen) atoms. The summed E-state index contributed by atoms with van der Waals surface area (Å²) in [5.74, 6) is -3.59. The molecule has 3 amide bonds. The molecule has 6 rings (SSSR count). The molecule has 2 aromatic carbocycles. The van der Waals surface area contributed by atoms with E-state index in [0.29, 0.717) is 12.0 Å². The number of nitrogens with zero attached hydrogens (tertiary/aromatic N) is 2. The highest BCUT2D eigenvalue weighted by molar-refractivity contribution is 5.99. The van der Waals surface area contributed by atoms with Crippen LogP contribution < -0.4 is 5.32 Å². The Kier molecular flexibility index (Phi) is 8.14. The molecule has 4 heterocycles. The fourth-order valence-electron chi connectivity index (χ4n) is 6.72. The van der Waals surface area contributed by atoms with Gasteiger partial charge < -0.3 is 29.7 Å². The third-order valence-corrected chi connectivity index (χ3v) is 8.69. The SMILES string of the molecule is O=C1CC/C=C\CN(Cc2ccccc2)C(=O)[C@@H]2N(CCO)C(=O)[C@H]3[C@H](C(=O)O[C@H](c4ccccc4)CN1)[C@@H]1C=C[C@]23O1. The second-order valence-corrected chi connectivity index (χ2v) is 11.3.